The molecule has 8 heteroatoms. The average Bonchev–Trinajstić information content (AvgIpc) is 3.15. The molecule has 29 heavy (non-hydrogen) atoms. The van der Waals surface area contributed by atoms with E-state index >= 15 is 0 Å². The number of pyridine rings is 1. The van der Waals surface area contributed by atoms with E-state index in [-0.39, 0.29) is 12.2 Å². The number of anilines is 1. The first-order valence-corrected chi connectivity index (χ1v) is 10.3. The van der Waals surface area contributed by atoms with Crippen LogP contribution in [0.1, 0.15) is 13.8 Å². The van der Waals surface area contributed by atoms with Gasteiger partial charge in [-0.3, -0.25) is 4.98 Å². The minimum atomic E-state index is 0.189. The topological polar surface area (TPSA) is 65.9 Å². The van der Waals surface area contributed by atoms with E-state index in [4.69, 9.17) is 23.9 Å². The van der Waals surface area contributed by atoms with E-state index in [2.05, 4.69) is 29.2 Å². The quantitative estimate of drug-likeness (QED) is 0.624. The Bertz CT molecular complexity index is 987. The molecular formula is C21H25N3O4S. The number of rotatable bonds is 5. The smallest absolute Gasteiger partial charge is 0.203 e. The Morgan fingerprint density at radius 1 is 0.966 bits per heavy atom. The largest absolute Gasteiger partial charge is 0.493 e. The molecule has 1 aromatic carbocycles. The first kappa shape index (κ1) is 19.7. The molecule has 0 aliphatic carbocycles. The summed E-state index contributed by atoms with van der Waals surface area (Å²) in [5.41, 5.74) is 3.67. The van der Waals surface area contributed by atoms with Crippen molar-refractivity contribution < 1.29 is 18.9 Å². The highest BCUT2D eigenvalue weighted by molar-refractivity contribution is 7.11. The van der Waals surface area contributed by atoms with Crippen molar-refractivity contribution in [2.45, 2.75) is 26.1 Å². The van der Waals surface area contributed by atoms with Crippen LogP contribution in [0.25, 0.3) is 22.2 Å². The van der Waals surface area contributed by atoms with E-state index in [1.807, 2.05) is 18.3 Å². The predicted molar refractivity (Wildman–Crippen MR) is 115 cm³/mol. The lowest BCUT2D eigenvalue weighted by atomic mass is 10.1. The third-order valence-corrected chi connectivity index (χ3v) is 5.92. The third kappa shape index (κ3) is 3.70. The molecule has 0 spiro atoms. The van der Waals surface area contributed by atoms with Crippen molar-refractivity contribution in [3.63, 3.8) is 0 Å². The molecule has 2 atom stereocenters. The van der Waals surface area contributed by atoms with Gasteiger partial charge < -0.3 is 23.8 Å². The number of aromatic nitrogens is 2. The van der Waals surface area contributed by atoms with Crippen LogP contribution in [0.4, 0.5) is 5.00 Å². The number of nitrogens with zero attached hydrogens (tertiary/aromatic N) is 3. The second kappa shape index (κ2) is 8.04. The molecule has 3 heterocycles. The SMILES string of the molecule is COc1cc(-c2cnc3c(N4C[C@@H](C)O[C@@H](C)C4)snc3c2)cc(OC)c1OC. The monoisotopic (exact) mass is 415 g/mol. The fourth-order valence-electron chi connectivity index (χ4n) is 3.78. The van der Waals surface area contributed by atoms with Gasteiger partial charge in [-0.25, -0.2) is 0 Å². The zero-order valence-electron chi connectivity index (χ0n) is 17.3. The van der Waals surface area contributed by atoms with Crippen LogP contribution in [0.15, 0.2) is 24.4 Å². The Morgan fingerprint density at radius 2 is 1.62 bits per heavy atom. The Balaban J connectivity index is 1.72. The molecule has 0 N–H and O–H groups in total. The Hall–Kier alpha value is -2.58. The maximum atomic E-state index is 5.85. The molecule has 1 aliphatic heterocycles. The van der Waals surface area contributed by atoms with E-state index in [0.29, 0.717) is 17.2 Å². The number of benzene rings is 1. The van der Waals surface area contributed by atoms with Crippen LogP contribution >= 0.6 is 11.5 Å². The average molecular weight is 416 g/mol. The van der Waals surface area contributed by atoms with E-state index in [1.165, 1.54) is 11.5 Å². The van der Waals surface area contributed by atoms with Gasteiger partial charge in [-0.15, -0.1) is 0 Å². The second-order valence-electron chi connectivity index (χ2n) is 7.16. The van der Waals surface area contributed by atoms with Crippen LogP contribution in [0.2, 0.25) is 0 Å². The van der Waals surface area contributed by atoms with Gasteiger partial charge >= 0.3 is 0 Å². The van der Waals surface area contributed by atoms with E-state index in [0.717, 1.165) is 40.3 Å². The van der Waals surface area contributed by atoms with Gasteiger partial charge in [-0.2, -0.15) is 4.37 Å². The summed E-state index contributed by atoms with van der Waals surface area (Å²) >= 11 is 1.49. The minimum Gasteiger partial charge on any atom is -0.493 e. The summed E-state index contributed by atoms with van der Waals surface area (Å²) in [5, 5.41) is 1.10. The molecule has 154 valence electrons. The molecule has 1 fully saturated rings. The Kier molecular flexibility index (Phi) is 5.47. The predicted octanol–water partition coefficient (Wildman–Crippen LogP) is 4.00. The maximum Gasteiger partial charge on any atom is 0.203 e. The van der Waals surface area contributed by atoms with Crippen molar-refractivity contribution in [1.29, 1.82) is 0 Å². The fraction of sp³-hybridized carbons (Fsp3) is 0.429. The molecule has 0 saturated carbocycles. The molecule has 7 nitrogen and oxygen atoms in total. The number of hydrogen-bond donors (Lipinski definition) is 0. The summed E-state index contributed by atoms with van der Waals surface area (Å²) < 4.78 is 26.9. The first-order chi connectivity index (χ1) is 14.0. The summed E-state index contributed by atoms with van der Waals surface area (Å²) in [6, 6.07) is 5.89. The molecule has 0 amide bonds. The Morgan fingerprint density at radius 3 is 2.21 bits per heavy atom. The van der Waals surface area contributed by atoms with Gasteiger partial charge in [0.2, 0.25) is 5.75 Å². The van der Waals surface area contributed by atoms with Crippen molar-refractivity contribution in [1.82, 2.24) is 9.36 Å². The highest BCUT2D eigenvalue weighted by Crippen LogP contribution is 2.42. The van der Waals surface area contributed by atoms with Crippen LogP contribution in [-0.2, 0) is 4.74 Å². The van der Waals surface area contributed by atoms with Crippen molar-refractivity contribution in [2.75, 3.05) is 39.3 Å². The van der Waals surface area contributed by atoms with Crippen LogP contribution in [0.3, 0.4) is 0 Å². The molecule has 0 unspecified atom stereocenters. The summed E-state index contributed by atoms with van der Waals surface area (Å²) in [4.78, 5) is 7.07. The number of fused-ring (bicyclic) bond motifs is 1. The minimum absolute atomic E-state index is 0.189. The van der Waals surface area contributed by atoms with Crippen LogP contribution in [0, 0.1) is 0 Å². The van der Waals surface area contributed by atoms with Crippen LogP contribution in [-0.4, -0.2) is 56.0 Å². The summed E-state index contributed by atoms with van der Waals surface area (Å²) in [6.07, 6.45) is 2.25. The normalized spacial score (nSPS) is 19.4. The van der Waals surface area contributed by atoms with Crippen molar-refractivity contribution in [2.24, 2.45) is 0 Å². The highest BCUT2D eigenvalue weighted by Gasteiger charge is 2.26. The molecule has 0 bridgehead atoms. The van der Waals surface area contributed by atoms with Crippen molar-refractivity contribution in [3.05, 3.63) is 24.4 Å². The summed E-state index contributed by atoms with van der Waals surface area (Å²) in [7, 11) is 4.82. The van der Waals surface area contributed by atoms with Gasteiger partial charge in [0.25, 0.3) is 0 Å². The van der Waals surface area contributed by atoms with Gasteiger partial charge in [-0.05, 0) is 49.1 Å². The summed E-state index contributed by atoms with van der Waals surface area (Å²) in [5.74, 6) is 1.79. The van der Waals surface area contributed by atoms with Crippen LogP contribution < -0.4 is 19.1 Å². The fourth-order valence-corrected chi connectivity index (χ4v) is 4.61. The standard InChI is InChI=1S/C21H25N3O4S/c1-12-10-24(11-13(2)28-12)21-19-16(23-29-21)6-15(9-22-19)14-7-17(25-3)20(27-5)18(8-14)26-4/h6-9,12-13H,10-11H2,1-5H3/t12-,13+. The molecule has 4 rings (SSSR count). The van der Waals surface area contributed by atoms with Gasteiger partial charge in [-0.1, -0.05) is 0 Å². The third-order valence-electron chi connectivity index (χ3n) is 5.01. The maximum absolute atomic E-state index is 5.85. The zero-order chi connectivity index (χ0) is 20.5. The lowest BCUT2D eigenvalue weighted by Crippen LogP contribution is -2.45. The number of methoxy groups -OCH3 is 3. The van der Waals surface area contributed by atoms with Crippen molar-refractivity contribution >= 4 is 27.6 Å². The van der Waals surface area contributed by atoms with E-state index in [9.17, 15) is 0 Å². The second-order valence-corrected chi connectivity index (χ2v) is 7.91. The lowest BCUT2D eigenvalue weighted by Gasteiger charge is -2.35. The van der Waals surface area contributed by atoms with Crippen molar-refractivity contribution in [3.8, 4) is 28.4 Å². The molecule has 1 aliphatic rings. The Labute approximate surface area is 174 Å². The van der Waals surface area contributed by atoms with Gasteiger partial charge in [0.05, 0.1) is 33.5 Å². The molecule has 3 aromatic rings. The highest BCUT2D eigenvalue weighted by atomic mass is 32.1. The number of ether oxygens (including phenoxy) is 4. The molecule has 0 radical (unpaired) electrons. The van der Waals surface area contributed by atoms with Gasteiger partial charge in [0.15, 0.2) is 11.5 Å². The molecule has 2 aromatic heterocycles. The van der Waals surface area contributed by atoms with E-state index < -0.39 is 0 Å². The van der Waals surface area contributed by atoms with Gasteiger partial charge in [0.1, 0.15) is 16.0 Å². The van der Waals surface area contributed by atoms with E-state index in [1.54, 1.807) is 21.3 Å². The number of morpholine rings is 1. The zero-order valence-corrected chi connectivity index (χ0v) is 18.1. The molecular weight excluding hydrogens is 390 g/mol. The summed E-state index contributed by atoms with van der Waals surface area (Å²) in [6.45, 7) is 5.89. The number of hydrogen-bond acceptors (Lipinski definition) is 8. The molecule has 1 saturated heterocycles. The first-order valence-electron chi connectivity index (χ1n) is 9.50. The lowest BCUT2D eigenvalue weighted by molar-refractivity contribution is -0.00494. The van der Waals surface area contributed by atoms with Gasteiger partial charge in [0, 0.05) is 24.8 Å². The van der Waals surface area contributed by atoms with Crippen LogP contribution in [0.5, 0.6) is 17.2 Å².